The molecule has 1 aliphatic rings. The van der Waals surface area contributed by atoms with Crippen LogP contribution in [0.1, 0.15) is 17.0 Å². The van der Waals surface area contributed by atoms with Crippen molar-refractivity contribution in [3.63, 3.8) is 0 Å². The molecule has 1 aliphatic carbocycles. The van der Waals surface area contributed by atoms with Gasteiger partial charge in [0.05, 0.1) is 0 Å². The molecule has 0 saturated carbocycles. The van der Waals surface area contributed by atoms with Crippen molar-refractivity contribution in [2.24, 2.45) is 0 Å². The third kappa shape index (κ3) is 2.74. The Hall–Kier alpha value is -2.00. The molecule has 0 aromatic heterocycles. The maximum atomic E-state index is 11.6. The van der Waals surface area contributed by atoms with Crippen molar-refractivity contribution in [3.05, 3.63) is 59.7 Å². The van der Waals surface area contributed by atoms with Crippen LogP contribution in [0, 0.1) is 0 Å². The van der Waals surface area contributed by atoms with Gasteiger partial charge in [0.15, 0.2) is 0 Å². The summed E-state index contributed by atoms with van der Waals surface area (Å²) in [6.45, 7) is 0.750. The number of hydrogen-bond donors (Lipinski definition) is 1. The number of alkyl carbamates (subject to hydrolysis) is 1. The SMILES string of the molecule is O=C(NCCCl)OCC1c2ccccc2-c2ccccc21. The lowest BCUT2D eigenvalue weighted by molar-refractivity contribution is 0.143. The van der Waals surface area contributed by atoms with Gasteiger partial charge in [-0.25, -0.2) is 4.79 Å². The second-order valence-electron chi connectivity index (χ2n) is 4.94. The van der Waals surface area contributed by atoms with Crippen molar-refractivity contribution in [2.45, 2.75) is 5.92 Å². The standard InChI is InChI=1S/C17H16ClNO2/c18-9-10-19-17(20)21-11-16-14-7-3-1-5-12(14)13-6-2-4-8-15(13)16/h1-8,16H,9-11H2,(H,19,20). The van der Waals surface area contributed by atoms with Crippen molar-refractivity contribution in [1.82, 2.24) is 5.32 Å². The monoisotopic (exact) mass is 301 g/mol. The van der Waals surface area contributed by atoms with E-state index in [0.717, 1.165) is 0 Å². The summed E-state index contributed by atoms with van der Waals surface area (Å²) in [7, 11) is 0. The van der Waals surface area contributed by atoms with Gasteiger partial charge in [-0.2, -0.15) is 0 Å². The molecule has 0 fully saturated rings. The number of hydrogen-bond acceptors (Lipinski definition) is 2. The zero-order valence-corrected chi connectivity index (χ0v) is 12.3. The third-order valence-electron chi connectivity index (χ3n) is 3.71. The highest BCUT2D eigenvalue weighted by Crippen LogP contribution is 2.44. The minimum absolute atomic E-state index is 0.0964. The van der Waals surface area contributed by atoms with Gasteiger partial charge in [0, 0.05) is 18.3 Å². The Morgan fingerprint density at radius 1 is 1.05 bits per heavy atom. The van der Waals surface area contributed by atoms with Crippen LogP contribution >= 0.6 is 11.6 Å². The minimum Gasteiger partial charge on any atom is -0.449 e. The highest BCUT2D eigenvalue weighted by atomic mass is 35.5. The van der Waals surface area contributed by atoms with Gasteiger partial charge in [-0.3, -0.25) is 0 Å². The molecule has 0 bridgehead atoms. The van der Waals surface area contributed by atoms with Gasteiger partial charge in [-0.05, 0) is 22.3 Å². The van der Waals surface area contributed by atoms with Gasteiger partial charge in [0.2, 0.25) is 0 Å². The molecule has 0 saturated heterocycles. The third-order valence-corrected chi connectivity index (χ3v) is 3.90. The van der Waals surface area contributed by atoms with Crippen molar-refractivity contribution in [3.8, 4) is 11.1 Å². The summed E-state index contributed by atoms with van der Waals surface area (Å²) in [5.41, 5.74) is 4.87. The predicted molar refractivity (Wildman–Crippen MR) is 83.8 cm³/mol. The number of carbonyl (C=O) groups excluding carboxylic acids is 1. The molecular weight excluding hydrogens is 286 g/mol. The molecule has 2 aromatic carbocycles. The number of nitrogens with one attached hydrogen (secondary N) is 1. The first-order valence-corrected chi connectivity index (χ1v) is 7.49. The van der Waals surface area contributed by atoms with Crippen molar-refractivity contribution in [1.29, 1.82) is 0 Å². The average molecular weight is 302 g/mol. The number of carbonyl (C=O) groups is 1. The molecule has 0 unspecified atom stereocenters. The van der Waals surface area contributed by atoms with E-state index in [-0.39, 0.29) is 5.92 Å². The van der Waals surface area contributed by atoms with E-state index in [2.05, 4.69) is 29.6 Å². The molecule has 3 nitrogen and oxygen atoms in total. The molecule has 21 heavy (non-hydrogen) atoms. The Balaban J connectivity index is 1.81. The summed E-state index contributed by atoms with van der Waals surface area (Å²) in [5, 5.41) is 2.61. The van der Waals surface area contributed by atoms with Gasteiger partial charge in [0.25, 0.3) is 0 Å². The number of alkyl halides is 1. The largest absolute Gasteiger partial charge is 0.449 e. The van der Waals surface area contributed by atoms with Crippen LogP contribution in [0.4, 0.5) is 4.79 Å². The molecule has 0 atom stereocenters. The van der Waals surface area contributed by atoms with Crippen LogP contribution in [0.2, 0.25) is 0 Å². The molecule has 4 heteroatoms. The molecule has 1 amide bonds. The number of amides is 1. The second-order valence-corrected chi connectivity index (χ2v) is 5.32. The number of benzene rings is 2. The molecule has 1 N–H and O–H groups in total. The smallest absolute Gasteiger partial charge is 0.407 e. The van der Waals surface area contributed by atoms with E-state index in [0.29, 0.717) is 19.0 Å². The Morgan fingerprint density at radius 3 is 2.19 bits per heavy atom. The first kappa shape index (κ1) is 14.0. The first-order chi connectivity index (χ1) is 10.3. The van der Waals surface area contributed by atoms with Gasteiger partial charge in [-0.1, -0.05) is 48.5 Å². The quantitative estimate of drug-likeness (QED) is 0.873. The van der Waals surface area contributed by atoms with Gasteiger partial charge < -0.3 is 10.1 Å². The van der Waals surface area contributed by atoms with Gasteiger partial charge in [-0.15, -0.1) is 11.6 Å². The van der Waals surface area contributed by atoms with Crippen LogP contribution in [-0.2, 0) is 4.74 Å². The molecule has 3 rings (SSSR count). The maximum Gasteiger partial charge on any atom is 0.407 e. The van der Waals surface area contributed by atoms with Crippen LogP contribution in [0.5, 0.6) is 0 Å². The Kier molecular flexibility index (Phi) is 4.11. The van der Waals surface area contributed by atoms with Crippen molar-refractivity contribution in [2.75, 3.05) is 19.0 Å². The zero-order valence-electron chi connectivity index (χ0n) is 11.5. The van der Waals surface area contributed by atoms with E-state index in [9.17, 15) is 4.79 Å². The van der Waals surface area contributed by atoms with Gasteiger partial charge in [0.1, 0.15) is 6.61 Å². The van der Waals surface area contributed by atoms with Crippen LogP contribution in [-0.4, -0.2) is 25.1 Å². The molecule has 0 heterocycles. The minimum atomic E-state index is -0.419. The lowest BCUT2D eigenvalue weighted by Gasteiger charge is -2.14. The number of ether oxygens (including phenoxy) is 1. The maximum absolute atomic E-state index is 11.6. The number of rotatable bonds is 4. The lowest BCUT2D eigenvalue weighted by atomic mass is 9.98. The summed E-state index contributed by atoms with van der Waals surface area (Å²) >= 11 is 5.54. The van der Waals surface area contributed by atoms with Crippen LogP contribution in [0.25, 0.3) is 11.1 Å². The van der Waals surface area contributed by atoms with Gasteiger partial charge >= 0.3 is 6.09 Å². The second kappa shape index (κ2) is 6.19. The topological polar surface area (TPSA) is 38.3 Å². The molecule has 0 radical (unpaired) electrons. The van der Waals surface area contributed by atoms with Crippen molar-refractivity contribution >= 4 is 17.7 Å². The highest BCUT2D eigenvalue weighted by Gasteiger charge is 2.28. The number of fused-ring (bicyclic) bond motifs is 3. The summed E-state index contributed by atoms with van der Waals surface area (Å²) in [4.78, 5) is 11.6. The summed E-state index contributed by atoms with van der Waals surface area (Å²) in [6, 6.07) is 16.5. The molecule has 0 aliphatic heterocycles. The fourth-order valence-electron chi connectivity index (χ4n) is 2.80. The highest BCUT2D eigenvalue weighted by molar-refractivity contribution is 6.18. The normalized spacial score (nSPS) is 12.6. The Labute approximate surface area is 128 Å². The molecule has 2 aromatic rings. The summed E-state index contributed by atoms with van der Waals surface area (Å²) < 4.78 is 5.33. The van der Waals surface area contributed by atoms with E-state index in [1.165, 1.54) is 22.3 Å². The Morgan fingerprint density at radius 2 is 1.62 bits per heavy atom. The molecular formula is C17H16ClNO2. The van der Waals surface area contributed by atoms with E-state index in [1.807, 2.05) is 24.3 Å². The summed E-state index contributed by atoms with van der Waals surface area (Å²) in [6.07, 6.45) is -0.419. The predicted octanol–water partition coefficient (Wildman–Crippen LogP) is 3.76. The van der Waals surface area contributed by atoms with E-state index < -0.39 is 6.09 Å². The van der Waals surface area contributed by atoms with E-state index in [4.69, 9.17) is 16.3 Å². The lowest BCUT2D eigenvalue weighted by Crippen LogP contribution is -2.27. The Bertz CT molecular complexity index is 611. The van der Waals surface area contributed by atoms with Crippen LogP contribution in [0.3, 0.4) is 0 Å². The average Bonchev–Trinajstić information content (AvgIpc) is 2.85. The molecule has 0 spiro atoms. The molecule has 108 valence electrons. The van der Waals surface area contributed by atoms with Crippen LogP contribution < -0.4 is 5.32 Å². The van der Waals surface area contributed by atoms with Crippen molar-refractivity contribution < 1.29 is 9.53 Å². The zero-order chi connectivity index (χ0) is 14.7. The van der Waals surface area contributed by atoms with Crippen LogP contribution in [0.15, 0.2) is 48.5 Å². The fraction of sp³-hybridized carbons (Fsp3) is 0.235. The fourth-order valence-corrected chi connectivity index (χ4v) is 2.89. The first-order valence-electron chi connectivity index (χ1n) is 6.96. The number of halogens is 1. The summed E-state index contributed by atoms with van der Waals surface area (Å²) in [5.74, 6) is 0.476. The van der Waals surface area contributed by atoms with E-state index in [1.54, 1.807) is 0 Å². The van der Waals surface area contributed by atoms with E-state index >= 15 is 0 Å².